The van der Waals surface area contributed by atoms with Crippen molar-refractivity contribution in [1.82, 2.24) is 15.6 Å². The Morgan fingerprint density at radius 3 is 2.55 bits per heavy atom. The maximum absolute atomic E-state index is 12.9. The summed E-state index contributed by atoms with van der Waals surface area (Å²) in [5, 5.41) is 9.45. The molecule has 0 aliphatic carbocycles. The van der Waals surface area contributed by atoms with Crippen LogP contribution in [0, 0.1) is 0 Å². The number of rotatable bonds is 5. The minimum Gasteiger partial charge on any atom is -0.388 e. The Labute approximate surface area is 126 Å². The fourth-order valence-corrected chi connectivity index (χ4v) is 1.71. The van der Waals surface area contributed by atoms with Gasteiger partial charge in [0.2, 0.25) is 6.41 Å². The van der Waals surface area contributed by atoms with Crippen molar-refractivity contribution in [3.05, 3.63) is 47.3 Å². The highest BCUT2D eigenvalue weighted by atomic mass is 19.3. The maximum Gasteiger partial charge on any atom is 0.264 e. The van der Waals surface area contributed by atoms with Crippen LogP contribution in [0.15, 0.2) is 30.5 Å². The SMILES string of the molecule is CNc1cccc(C(F)F)c1/C=C/c1ccn[nH]1.NNC=O. The number of nitrogens with two attached hydrogens (primary N) is 1. The van der Waals surface area contributed by atoms with E-state index in [0.29, 0.717) is 17.7 Å². The van der Waals surface area contributed by atoms with Crippen molar-refractivity contribution in [3.63, 3.8) is 0 Å². The molecule has 8 heteroatoms. The Hall–Kier alpha value is -2.74. The lowest BCUT2D eigenvalue weighted by molar-refractivity contribution is -0.109. The van der Waals surface area contributed by atoms with Crippen LogP contribution >= 0.6 is 0 Å². The number of halogens is 2. The Balaban J connectivity index is 0.000000541. The zero-order valence-electron chi connectivity index (χ0n) is 11.9. The molecule has 0 saturated carbocycles. The number of aromatic nitrogens is 2. The van der Waals surface area contributed by atoms with E-state index in [1.54, 1.807) is 49.0 Å². The van der Waals surface area contributed by atoms with E-state index in [1.807, 2.05) is 0 Å². The number of alkyl halides is 2. The van der Waals surface area contributed by atoms with Crippen LogP contribution in [0.3, 0.4) is 0 Å². The first-order chi connectivity index (χ1) is 10.6. The Bertz CT molecular complexity index is 599. The van der Waals surface area contributed by atoms with Crippen molar-refractivity contribution in [3.8, 4) is 0 Å². The van der Waals surface area contributed by atoms with Crippen LogP contribution in [0.1, 0.15) is 23.2 Å². The van der Waals surface area contributed by atoms with E-state index in [1.165, 1.54) is 6.07 Å². The Morgan fingerprint density at radius 1 is 1.32 bits per heavy atom. The number of hydrogen-bond acceptors (Lipinski definition) is 4. The number of aromatic amines is 1. The molecular weight excluding hydrogens is 292 g/mol. The summed E-state index contributed by atoms with van der Waals surface area (Å²) in [6, 6.07) is 6.57. The van der Waals surface area contributed by atoms with Crippen LogP contribution in [-0.4, -0.2) is 23.7 Å². The molecule has 0 saturated heterocycles. The van der Waals surface area contributed by atoms with Gasteiger partial charge in [0.1, 0.15) is 0 Å². The number of benzene rings is 1. The topological polar surface area (TPSA) is 95.8 Å². The molecule has 2 rings (SSSR count). The first kappa shape index (κ1) is 17.3. The van der Waals surface area contributed by atoms with Gasteiger partial charge in [0.25, 0.3) is 6.43 Å². The zero-order valence-corrected chi connectivity index (χ0v) is 11.9. The fourth-order valence-electron chi connectivity index (χ4n) is 1.71. The lowest BCUT2D eigenvalue weighted by atomic mass is 10.0. The normalized spacial score (nSPS) is 10.2. The number of carbonyl (C=O) groups excluding carboxylic acids is 1. The van der Waals surface area contributed by atoms with Crippen LogP contribution in [0.4, 0.5) is 14.5 Å². The predicted molar refractivity (Wildman–Crippen MR) is 81.8 cm³/mol. The van der Waals surface area contributed by atoms with E-state index in [9.17, 15) is 8.78 Å². The van der Waals surface area contributed by atoms with E-state index in [-0.39, 0.29) is 5.56 Å². The first-order valence-electron chi connectivity index (χ1n) is 6.30. The third kappa shape index (κ3) is 4.98. The summed E-state index contributed by atoms with van der Waals surface area (Å²) in [6.07, 6.45) is 2.88. The van der Waals surface area contributed by atoms with Crippen LogP contribution in [-0.2, 0) is 4.79 Å². The smallest absolute Gasteiger partial charge is 0.264 e. The lowest BCUT2D eigenvalue weighted by Crippen LogP contribution is -2.18. The van der Waals surface area contributed by atoms with Gasteiger partial charge in [-0.15, -0.1) is 0 Å². The number of H-pyrrole nitrogens is 1. The Kier molecular flexibility index (Phi) is 7.27. The zero-order chi connectivity index (χ0) is 16.4. The molecule has 1 aromatic heterocycles. The summed E-state index contributed by atoms with van der Waals surface area (Å²) in [4.78, 5) is 8.94. The summed E-state index contributed by atoms with van der Waals surface area (Å²) in [7, 11) is 1.71. The molecule has 0 aliphatic rings. The van der Waals surface area contributed by atoms with Crippen LogP contribution < -0.4 is 16.6 Å². The van der Waals surface area contributed by atoms with Crippen molar-refractivity contribution in [2.45, 2.75) is 6.43 Å². The molecule has 0 aliphatic heterocycles. The van der Waals surface area contributed by atoms with E-state index in [4.69, 9.17) is 4.79 Å². The summed E-state index contributed by atoms with van der Waals surface area (Å²) in [5.41, 5.74) is 3.69. The molecule has 1 heterocycles. The number of carbonyl (C=O) groups is 1. The molecule has 1 aromatic carbocycles. The van der Waals surface area contributed by atoms with Crippen LogP contribution in [0.5, 0.6) is 0 Å². The molecule has 0 fully saturated rings. The maximum atomic E-state index is 12.9. The van der Waals surface area contributed by atoms with E-state index >= 15 is 0 Å². The second-order valence-electron chi connectivity index (χ2n) is 3.99. The number of hydrazine groups is 1. The molecule has 118 valence electrons. The highest BCUT2D eigenvalue weighted by Gasteiger charge is 2.13. The summed E-state index contributed by atoms with van der Waals surface area (Å²) < 4.78 is 25.9. The molecule has 2 aromatic rings. The lowest BCUT2D eigenvalue weighted by Gasteiger charge is -2.10. The standard InChI is InChI=1S/C13H13F2N3.CH4N2O/c1-16-12-4-2-3-11(13(14)15)10(12)6-5-9-7-8-17-18-9;2-3-1-4/h2-8,13,16H,1H3,(H,17,18);1H,2H2,(H,3,4)/b6-5+;. The first-order valence-corrected chi connectivity index (χ1v) is 6.30. The minimum atomic E-state index is -2.50. The van der Waals surface area contributed by atoms with E-state index < -0.39 is 6.43 Å². The number of nitrogens with one attached hydrogen (secondary N) is 3. The largest absolute Gasteiger partial charge is 0.388 e. The molecule has 0 radical (unpaired) electrons. The van der Waals surface area contributed by atoms with Crippen LogP contribution in [0.25, 0.3) is 12.2 Å². The molecular formula is C14H17F2N5O. The van der Waals surface area contributed by atoms with Crippen molar-refractivity contribution in [1.29, 1.82) is 0 Å². The third-order valence-electron chi connectivity index (χ3n) is 2.66. The van der Waals surface area contributed by atoms with Gasteiger partial charge < -0.3 is 5.32 Å². The number of anilines is 1. The summed E-state index contributed by atoms with van der Waals surface area (Å²) >= 11 is 0. The van der Waals surface area contributed by atoms with E-state index in [2.05, 4.69) is 21.4 Å². The predicted octanol–water partition coefficient (Wildman–Crippen LogP) is 2.17. The van der Waals surface area contributed by atoms with Gasteiger partial charge in [-0.05, 0) is 18.2 Å². The van der Waals surface area contributed by atoms with Gasteiger partial charge in [-0.1, -0.05) is 18.2 Å². The van der Waals surface area contributed by atoms with Gasteiger partial charge >= 0.3 is 0 Å². The fraction of sp³-hybridized carbons (Fsp3) is 0.143. The third-order valence-corrected chi connectivity index (χ3v) is 2.66. The second kappa shape index (κ2) is 9.24. The molecule has 22 heavy (non-hydrogen) atoms. The van der Waals surface area contributed by atoms with Gasteiger partial charge in [0.15, 0.2) is 0 Å². The van der Waals surface area contributed by atoms with Crippen molar-refractivity contribution in [2.24, 2.45) is 5.84 Å². The van der Waals surface area contributed by atoms with Crippen LogP contribution in [0.2, 0.25) is 0 Å². The molecule has 5 N–H and O–H groups in total. The molecule has 0 bridgehead atoms. The van der Waals surface area contributed by atoms with E-state index in [0.717, 1.165) is 5.69 Å². The van der Waals surface area contributed by atoms with Crippen molar-refractivity contribution < 1.29 is 13.6 Å². The monoisotopic (exact) mass is 309 g/mol. The average molecular weight is 309 g/mol. The quantitative estimate of drug-likeness (QED) is 0.294. The highest BCUT2D eigenvalue weighted by Crippen LogP contribution is 2.29. The molecule has 1 amide bonds. The second-order valence-corrected chi connectivity index (χ2v) is 3.99. The number of nitrogens with zero attached hydrogens (tertiary/aromatic N) is 1. The summed E-state index contributed by atoms with van der Waals surface area (Å²) in [5.74, 6) is 4.41. The van der Waals surface area contributed by atoms with Gasteiger partial charge in [-0.2, -0.15) is 5.10 Å². The number of hydrogen-bond donors (Lipinski definition) is 4. The molecule has 0 atom stereocenters. The minimum absolute atomic E-state index is 0.0117. The highest BCUT2D eigenvalue weighted by molar-refractivity contribution is 5.77. The van der Waals surface area contributed by atoms with Crippen molar-refractivity contribution in [2.75, 3.05) is 12.4 Å². The van der Waals surface area contributed by atoms with Crippen molar-refractivity contribution >= 4 is 24.2 Å². The average Bonchev–Trinajstić information content (AvgIpc) is 3.06. The molecule has 0 spiro atoms. The van der Waals surface area contributed by atoms with Gasteiger partial charge in [0.05, 0.1) is 5.69 Å². The molecule has 6 nitrogen and oxygen atoms in total. The Morgan fingerprint density at radius 2 is 2.05 bits per heavy atom. The van der Waals surface area contributed by atoms with Gasteiger partial charge in [0, 0.05) is 30.1 Å². The molecule has 0 unspecified atom stereocenters. The summed E-state index contributed by atoms with van der Waals surface area (Å²) in [6.45, 7) is 0. The van der Waals surface area contributed by atoms with Gasteiger partial charge in [-0.25, -0.2) is 14.6 Å². The van der Waals surface area contributed by atoms with Gasteiger partial charge in [-0.3, -0.25) is 15.3 Å². The number of amides is 1.